The first-order valence-corrected chi connectivity index (χ1v) is 6.15. The SMILES string of the molecule is COC(OC)c1ccc(NC=C(C#N)c2nn[nH]n2)c(F)c1. The van der Waals surface area contributed by atoms with E-state index >= 15 is 0 Å². The van der Waals surface area contributed by atoms with Gasteiger partial charge in [0.2, 0.25) is 5.82 Å². The molecule has 0 bridgehead atoms. The Morgan fingerprint density at radius 1 is 1.45 bits per heavy atom. The molecule has 8 nitrogen and oxygen atoms in total. The van der Waals surface area contributed by atoms with Gasteiger partial charge in [0.25, 0.3) is 0 Å². The van der Waals surface area contributed by atoms with Crippen molar-refractivity contribution in [2.45, 2.75) is 6.29 Å². The number of methoxy groups -OCH3 is 2. The molecule has 0 unspecified atom stereocenters. The van der Waals surface area contributed by atoms with Crippen LogP contribution < -0.4 is 5.32 Å². The standard InChI is InChI=1S/C13H13FN6O2/c1-21-13(22-2)8-3-4-11(10(14)5-8)16-7-9(6-15)12-17-19-20-18-12/h3-5,7,13,16H,1-2H3,(H,17,18,19,20). The number of halogens is 1. The zero-order valence-electron chi connectivity index (χ0n) is 11.9. The van der Waals surface area contributed by atoms with E-state index in [0.717, 1.165) is 0 Å². The van der Waals surface area contributed by atoms with E-state index < -0.39 is 12.1 Å². The highest BCUT2D eigenvalue weighted by Crippen LogP contribution is 2.23. The fraction of sp³-hybridized carbons (Fsp3) is 0.231. The van der Waals surface area contributed by atoms with Crippen LogP contribution in [0, 0.1) is 17.1 Å². The minimum atomic E-state index is -0.645. The van der Waals surface area contributed by atoms with E-state index in [1.165, 1.54) is 32.6 Å². The molecular formula is C13H13FN6O2. The van der Waals surface area contributed by atoms with E-state index in [-0.39, 0.29) is 17.1 Å². The fourth-order valence-electron chi connectivity index (χ4n) is 1.74. The first-order chi connectivity index (χ1) is 10.7. The number of rotatable bonds is 6. The Morgan fingerprint density at radius 3 is 2.77 bits per heavy atom. The van der Waals surface area contributed by atoms with Crippen molar-refractivity contribution in [3.8, 4) is 6.07 Å². The fourth-order valence-corrected chi connectivity index (χ4v) is 1.74. The number of anilines is 1. The number of aromatic nitrogens is 4. The normalized spacial score (nSPS) is 11.5. The predicted molar refractivity (Wildman–Crippen MR) is 74.5 cm³/mol. The number of benzene rings is 1. The quantitative estimate of drug-likeness (QED) is 0.616. The largest absolute Gasteiger partial charge is 0.358 e. The van der Waals surface area contributed by atoms with Crippen LogP contribution in [-0.4, -0.2) is 34.8 Å². The molecule has 114 valence electrons. The molecule has 0 aliphatic heterocycles. The van der Waals surface area contributed by atoms with Gasteiger partial charge >= 0.3 is 0 Å². The average Bonchev–Trinajstić information content (AvgIpc) is 3.05. The molecule has 0 fully saturated rings. The van der Waals surface area contributed by atoms with Crippen LogP contribution in [0.25, 0.3) is 5.57 Å². The Labute approximate surface area is 125 Å². The van der Waals surface area contributed by atoms with Gasteiger partial charge in [-0.05, 0) is 17.3 Å². The molecule has 2 aromatic rings. The number of nitrogens with one attached hydrogen (secondary N) is 2. The van der Waals surface area contributed by atoms with Crippen LogP contribution in [-0.2, 0) is 9.47 Å². The maximum absolute atomic E-state index is 14.0. The van der Waals surface area contributed by atoms with Crippen LogP contribution in [0.5, 0.6) is 0 Å². The monoisotopic (exact) mass is 304 g/mol. The van der Waals surface area contributed by atoms with Gasteiger partial charge in [0.1, 0.15) is 17.5 Å². The number of hydrogen-bond acceptors (Lipinski definition) is 7. The number of nitrogens with zero attached hydrogens (tertiary/aromatic N) is 4. The van der Waals surface area contributed by atoms with Crippen molar-refractivity contribution in [2.24, 2.45) is 0 Å². The van der Waals surface area contributed by atoms with Gasteiger partial charge in [0.05, 0.1) is 5.69 Å². The van der Waals surface area contributed by atoms with Crippen LogP contribution in [0.4, 0.5) is 10.1 Å². The number of ether oxygens (including phenoxy) is 2. The Balaban J connectivity index is 2.19. The molecule has 0 amide bonds. The first kappa shape index (κ1) is 15.6. The number of allylic oxidation sites excluding steroid dienone is 1. The molecule has 1 heterocycles. The molecule has 1 aromatic carbocycles. The van der Waals surface area contributed by atoms with E-state index in [1.807, 2.05) is 6.07 Å². The van der Waals surface area contributed by atoms with Crippen molar-refractivity contribution < 1.29 is 13.9 Å². The molecule has 0 atom stereocenters. The summed E-state index contributed by atoms with van der Waals surface area (Å²) in [6.07, 6.45) is 0.653. The van der Waals surface area contributed by atoms with Gasteiger partial charge in [-0.1, -0.05) is 6.07 Å². The average molecular weight is 304 g/mol. The predicted octanol–water partition coefficient (Wildman–Crippen LogP) is 1.61. The molecule has 0 aliphatic carbocycles. The Hall–Kier alpha value is -2.83. The Morgan fingerprint density at radius 2 is 2.23 bits per heavy atom. The summed E-state index contributed by atoms with van der Waals surface area (Å²) in [6, 6.07) is 6.34. The van der Waals surface area contributed by atoms with E-state index in [9.17, 15) is 4.39 Å². The highest BCUT2D eigenvalue weighted by Gasteiger charge is 2.12. The van der Waals surface area contributed by atoms with Crippen molar-refractivity contribution in [3.05, 3.63) is 41.6 Å². The molecule has 0 aliphatic rings. The third kappa shape index (κ3) is 3.43. The van der Waals surface area contributed by atoms with Crippen molar-refractivity contribution in [3.63, 3.8) is 0 Å². The number of H-pyrrole nitrogens is 1. The smallest absolute Gasteiger partial charge is 0.216 e. The molecule has 22 heavy (non-hydrogen) atoms. The maximum Gasteiger partial charge on any atom is 0.216 e. The van der Waals surface area contributed by atoms with Gasteiger partial charge in [-0.25, -0.2) is 4.39 Å². The molecule has 0 spiro atoms. The summed E-state index contributed by atoms with van der Waals surface area (Å²) < 4.78 is 24.2. The lowest BCUT2D eigenvalue weighted by Crippen LogP contribution is -2.05. The summed E-state index contributed by atoms with van der Waals surface area (Å²) in [4.78, 5) is 0. The Bertz CT molecular complexity index is 691. The van der Waals surface area contributed by atoms with Gasteiger partial charge in [-0.3, -0.25) is 0 Å². The van der Waals surface area contributed by atoms with Crippen LogP contribution in [0.1, 0.15) is 17.7 Å². The topological polar surface area (TPSA) is 109 Å². The van der Waals surface area contributed by atoms with Crippen molar-refractivity contribution in [2.75, 3.05) is 19.5 Å². The lowest BCUT2D eigenvalue weighted by molar-refractivity contribution is -0.106. The number of tetrazole rings is 1. The second-order valence-electron chi connectivity index (χ2n) is 4.09. The summed E-state index contributed by atoms with van der Waals surface area (Å²) in [5.74, 6) is -0.399. The van der Waals surface area contributed by atoms with E-state index in [2.05, 4.69) is 25.9 Å². The highest BCUT2D eigenvalue weighted by atomic mass is 19.1. The minimum Gasteiger partial charge on any atom is -0.358 e. The van der Waals surface area contributed by atoms with Crippen LogP contribution in [0.15, 0.2) is 24.4 Å². The van der Waals surface area contributed by atoms with Crippen LogP contribution >= 0.6 is 0 Å². The molecule has 2 rings (SSSR count). The zero-order valence-corrected chi connectivity index (χ0v) is 11.9. The minimum absolute atomic E-state index is 0.115. The van der Waals surface area contributed by atoms with Crippen molar-refractivity contribution in [1.29, 1.82) is 5.26 Å². The van der Waals surface area contributed by atoms with E-state index in [4.69, 9.17) is 14.7 Å². The lowest BCUT2D eigenvalue weighted by Gasteiger charge is -2.14. The summed E-state index contributed by atoms with van der Waals surface area (Å²) >= 11 is 0. The van der Waals surface area contributed by atoms with Gasteiger partial charge in [0.15, 0.2) is 6.29 Å². The van der Waals surface area contributed by atoms with E-state index in [1.54, 1.807) is 6.07 Å². The summed E-state index contributed by atoms with van der Waals surface area (Å²) in [5.41, 5.74) is 0.838. The highest BCUT2D eigenvalue weighted by molar-refractivity contribution is 5.74. The summed E-state index contributed by atoms with van der Waals surface area (Å²) in [7, 11) is 2.93. The third-order valence-corrected chi connectivity index (χ3v) is 2.77. The third-order valence-electron chi connectivity index (χ3n) is 2.77. The van der Waals surface area contributed by atoms with E-state index in [0.29, 0.717) is 5.56 Å². The van der Waals surface area contributed by atoms with Gasteiger partial charge in [-0.15, -0.1) is 10.2 Å². The van der Waals surface area contributed by atoms with Gasteiger partial charge < -0.3 is 14.8 Å². The first-order valence-electron chi connectivity index (χ1n) is 6.15. The number of aromatic amines is 1. The zero-order chi connectivity index (χ0) is 15.9. The van der Waals surface area contributed by atoms with Crippen LogP contribution in [0.3, 0.4) is 0 Å². The molecule has 1 aromatic heterocycles. The molecular weight excluding hydrogens is 291 g/mol. The number of hydrogen-bond donors (Lipinski definition) is 2. The summed E-state index contributed by atoms with van der Waals surface area (Å²) in [6.45, 7) is 0. The maximum atomic E-state index is 14.0. The van der Waals surface area contributed by atoms with Crippen LogP contribution in [0.2, 0.25) is 0 Å². The molecule has 2 N–H and O–H groups in total. The molecule has 9 heteroatoms. The van der Waals surface area contributed by atoms with Crippen molar-refractivity contribution in [1.82, 2.24) is 20.6 Å². The molecule has 0 radical (unpaired) electrons. The number of nitriles is 1. The molecule has 0 saturated heterocycles. The molecule has 0 saturated carbocycles. The van der Waals surface area contributed by atoms with Gasteiger partial charge in [0, 0.05) is 26.0 Å². The van der Waals surface area contributed by atoms with Gasteiger partial charge in [-0.2, -0.15) is 10.5 Å². The van der Waals surface area contributed by atoms with Crippen molar-refractivity contribution >= 4 is 11.3 Å². The summed E-state index contributed by atoms with van der Waals surface area (Å²) in [5, 5.41) is 24.7. The second kappa shape index (κ2) is 7.26. The Kier molecular flexibility index (Phi) is 5.13. The second-order valence-corrected chi connectivity index (χ2v) is 4.09. The lowest BCUT2D eigenvalue weighted by atomic mass is 10.2.